The Balaban J connectivity index is 1.60. The maximum Gasteiger partial charge on any atom is 0.111 e. The number of rotatable bonds is 3. The molecule has 1 aliphatic rings. The van der Waals surface area contributed by atoms with Crippen LogP contribution in [0.5, 0.6) is 0 Å². The highest BCUT2D eigenvalue weighted by atomic mass is 15.2. The number of nitrogens with zero attached hydrogens (tertiary/aromatic N) is 4. The van der Waals surface area contributed by atoms with Gasteiger partial charge in [-0.25, -0.2) is 4.98 Å². The van der Waals surface area contributed by atoms with E-state index in [1.165, 1.54) is 28.2 Å². The van der Waals surface area contributed by atoms with E-state index < -0.39 is 0 Å². The predicted octanol–water partition coefficient (Wildman–Crippen LogP) is 3.65. The second kappa shape index (κ2) is 6.02. The number of imidazole rings is 1. The minimum atomic E-state index is 0.469. The largest absolute Gasteiger partial charge is 0.335 e. The van der Waals surface area contributed by atoms with Gasteiger partial charge in [-0.15, -0.1) is 0 Å². The van der Waals surface area contributed by atoms with Gasteiger partial charge in [0.25, 0.3) is 0 Å². The van der Waals surface area contributed by atoms with Crippen LogP contribution in [0.3, 0.4) is 0 Å². The lowest BCUT2D eigenvalue weighted by Gasteiger charge is -2.27. The van der Waals surface area contributed by atoms with Gasteiger partial charge in [0.1, 0.15) is 5.82 Å². The molecule has 0 spiro atoms. The number of para-hydroxylation sites is 1. The third kappa shape index (κ3) is 2.61. The SMILES string of the molecule is CC(C)c1nc2c(n1C)CCN(Cc1cccc3cccnc13)C2. The van der Waals surface area contributed by atoms with E-state index >= 15 is 0 Å². The molecule has 0 unspecified atom stereocenters. The van der Waals surface area contributed by atoms with Gasteiger partial charge in [0, 0.05) is 56.3 Å². The molecule has 2 aromatic heterocycles. The van der Waals surface area contributed by atoms with Gasteiger partial charge < -0.3 is 4.57 Å². The number of benzene rings is 1. The molecule has 0 fully saturated rings. The van der Waals surface area contributed by atoms with E-state index in [2.05, 4.69) is 59.6 Å². The zero-order chi connectivity index (χ0) is 16.7. The lowest BCUT2D eigenvalue weighted by Crippen LogP contribution is -2.30. The monoisotopic (exact) mass is 320 g/mol. The molecule has 0 aliphatic carbocycles. The molecule has 0 atom stereocenters. The predicted molar refractivity (Wildman–Crippen MR) is 96.9 cm³/mol. The first-order chi connectivity index (χ1) is 11.6. The number of hydrogen-bond acceptors (Lipinski definition) is 3. The Morgan fingerprint density at radius 1 is 1.17 bits per heavy atom. The standard InChI is InChI=1S/C20H24N4/c1-14(2)20-22-17-13-24(11-9-18(17)23(20)3)12-16-7-4-6-15-8-5-10-21-19(15)16/h4-8,10,14H,9,11-13H2,1-3H3. The summed E-state index contributed by atoms with van der Waals surface area (Å²) in [6.45, 7) is 7.37. The summed E-state index contributed by atoms with van der Waals surface area (Å²) >= 11 is 0. The highest BCUT2D eigenvalue weighted by Gasteiger charge is 2.23. The van der Waals surface area contributed by atoms with Crippen molar-refractivity contribution in [3.63, 3.8) is 0 Å². The highest BCUT2D eigenvalue weighted by Crippen LogP contribution is 2.25. The van der Waals surface area contributed by atoms with Gasteiger partial charge in [-0.05, 0) is 11.6 Å². The van der Waals surface area contributed by atoms with Crippen molar-refractivity contribution in [1.29, 1.82) is 0 Å². The Morgan fingerprint density at radius 2 is 2.00 bits per heavy atom. The van der Waals surface area contributed by atoms with E-state index in [-0.39, 0.29) is 0 Å². The molecule has 124 valence electrons. The van der Waals surface area contributed by atoms with Crippen LogP contribution in [0.2, 0.25) is 0 Å². The van der Waals surface area contributed by atoms with E-state index in [1.54, 1.807) is 0 Å². The second-order valence-corrected chi connectivity index (χ2v) is 7.03. The van der Waals surface area contributed by atoms with Crippen molar-refractivity contribution in [2.24, 2.45) is 7.05 Å². The van der Waals surface area contributed by atoms with Crippen LogP contribution in [0.1, 0.15) is 42.5 Å². The second-order valence-electron chi connectivity index (χ2n) is 7.03. The molecule has 0 bridgehead atoms. The summed E-state index contributed by atoms with van der Waals surface area (Å²) in [7, 11) is 2.16. The van der Waals surface area contributed by atoms with Gasteiger partial charge in [-0.3, -0.25) is 9.88 Å². The van der Waals surface area contributed by atoms with E-state index in [9.17, 15) is 0 Å². The molecule has 4 rings (SSSR count). The van der Waals surface area contributed by atoms with Crippen LogP contribution < -0.4 is 0 Å². The van der Waals surface area contributed by atoms with Crippen molar-refractivity contribution in [3.8, 4) is 0 Å². The summed E-state index contributed by atoms with van der Waals surface area (Å²) in [6, 6.07) is 10.6. The summed E-state index contributed by atoms with van der Waals surface area (Å²) in [4.78, 5) is 12.0. The quantitative estimate of drug-likeness (QED) is 0.739. The van der Waals surface area contributed by atoms with Crippen LogP contribution in [0.25, 0.3) is 10.9 Å². The smallest absolute Gasteiger partial charge is 0.111 e. The number of pyridine rings is 1. The molecule has 24 heavy (non-hydrogen) atoms. The Kier molecular flexibility index (Phi) is 3.85. The zero-order valence-corrected chi connectivity index (χ0v) is 14.7. The van der Waals surface area contributed by atoms with Crippen LogP contribution in [-0.4, -0.2) is 26.0 Å². The van der Waals surface area contributed by atoms with Gasteiger partial charge in [-0.2, -0.15) is 0 Å². The van der Waals surface area contributed by atoms with E-state index in [4.69, 9.17) is 4.98 Å². The van der Waals surface area contributed by atoms with Crippen LogP contribution >= 0.6 is 0 Å². The average Bonchev–Trinajstić information content (AvgIpc) is 2.92. The van der Waals surface area contributed by atoms with Crippen molar-refractivity contribution in [3.05, 3.63) is 59.3 Å². The fraction of sp³-hybridized carbons (Fsp3) is 0.400. The first-order valence-electron chi connectivity index (χ1n) is 8.73. The highest BCUT2D eigenvalue weighted by molar-refractivity contribution is 5.81. The van der Waals surface area contributed by atoms with Gasteiger partial charge in [0.05, 0.1) is 11.2 Å². The van der Waals surface area contributed by atoms with Crippen LogP contribution in [-0.2, 0) is 26.6 Å². The number of hydrogen-bond donors (Lipinski definition) is 0. The molecule has 0 radical (unpaired) electrons. The Morgan fingerprint density at radius 3 is 2.83 bits per heavy atom. The minimum Gasteiger partial charge on any atom is -0.335 e. The molecule has 4 heteroatoms. The third-order valence-electron chi connectivity index (χ3n) is 5.00. The molecular formula is C20H24N4. The number of aromatic nitrogens is 3. The molecule has 1 aromatic carbocycles. The maximum atomic E-state index is 4.91. The molecule has 0 saturated carbocycles. The summed E-state index contributed by atoms with van der Waals surface area (Å²) in [6.07, 6.45) is 2.96. The molecule has 3 heterocycles. The van der Waals surface area contributed by atoms with Crippen molar-refractivity contribution in [1.82, 2.24) is 19.4 Å². The number of fused-ring (bicyclic) bond motifs is 2. The molecule has 1 aliphatic heterocycles. The zero-order valence-electron chi connectivity index (χ0n) is 14.7. The van der Waals surface area contributed by atoms with Crippen molar-refractivity contribution in [2.75, 3.05) is 6.54 Å². The first kappa shape index (κ1) is 15.3. The molecule has 0 saturated heterocycles. The topological polar surface area (TPSA) is 34.0 Å². The lowest BCUT2D eigenvalue weighted by atomic mass is 10.1. The summed E-state index contributed by atoms with van der Waals surface area (Å²) < 4.78 is 2.30. The first-order valence-corrected chi connectivity index (χ1v) is 8.73. The van der Waals surface area contributed by atoms with Crippen molar-refractivity contribution in [2.45, 2.75) is 39.3 Å². The Labute approximate surface area is 143 Å². The fourth-order valence-corrected chi connectivity index (χ4v) is 3.79. The van der Waals surface area contributed by atoms with Gasteiger partial charge in [0.15, 0.2) is 0 Å². The minimum absolute atomic E-state index is 0.469. The van der Waals surface area contributed by atoms with Gasteiger partial charge in [0.2, 0.25) is 0 Å². The summed E-state index contributed by atoms with van der Waals surface area (Å²) in [5.74, 6) is 1.67. The average molecular weight is 320 g/mol. The van der Waals surface area contributed by atoms with Gasteiger partial charge >= 0.3 is 0 Å². The van der Waals surface area contributed by atoms with Crippen molar-refractivity contribution >= 4 is 10.9 Å². The van der Waals surface area contributed by atoms with Crippen LogP contribution in [0.4, 0.5) is 0 Å². The molecular weight excluding hydrogens is 296 g/mol. The van der Waals surface area contributed by atoms with Crippen LogP contribution in [0, 0.1) is 0 Å². The lowest BCUT2D eigenvalue weighted by molar-refractivity contribution is 0.241. The Bertz CT molecular complexity index is 873. The molecule has 3 aromatic rings. The molecule has 0 N–H and O–H groups in total. The van der Waals surface area contributed by atoms with Gasteiger partial charge in [-0.1, -0.05) is 38.1 Å². The van der Waals surface area contributed by atoms with E-state index in [1.807, 2.05) is 12.3 Å². The molecule has 4 nitrogen and oxygen atoms in total. The maximum absolute atomic E-state index is 4.91. The van der Waals surface area contributed by atoms with Crippen LogP contribution in [0.15, 0.2) is 36.5 Å². The normalized spacial score (nSPS) is 15.2. The molecule has 0 amide bonds. The Hall–Kier alpha value is -2.20. The van der Waals surface area contributed by atoms with E-state index in [0.717, 1.165) is 31.6 Å². The summed E-state index contributed by atoms with van der Waals surface area (Å²) in [5, 5.41) is 1.22. The third-order valence-corrected chi connectivity index (χ3v) is 5.00. The summed E-state index contributed by atoms with van der Waals surface area (Å²) in [5.41, 5.74) is 5.08. The fourth-order valence-electron chi connectivity index (χ4n) is 3.79. The van der Waals surface area contributed by atoms with Crippen molar-refractivity contribution < 1.29 is 0 Å². The van der Waals surface area contributed by atoms with E-state index in [0.29, 0.717) is 5.92 Å².